The Bertz CT molecular complexity index is 659. The predicted octanol–water partition coefficient (Wildman–Crippen LogP) is 1.56. The minimum Gasteiger partial charge on any atom is -0.481 e. The van der Waals surface area contributed by atoms with E-state index >= 15 is 0 Å². The highest BCUT2D eigenvalue weighted by atomic mass is 32.2. The van der Waals surface area contributed by atoms with Crippen LogP contribution in [0.25, 0.3) is 0 Å². The number of thiocarbonyl (C=S) groups is 1. The van der Waals surface area contributed by atoms with Crippen molar-refractivity contribution >= 4 is 33.0 Å². The van der Waals surface area contributed by atoms with Crippen LogP contribution in [-0.2, 0) is 19.4 Å². The summed E-state index contributed by atoms with van der Waals surface area (Å²) in [5.41, 5.74) is 0.998. The van der Waals surface area contributed by atoms with Gasteiger partial charge in [0.1, 0.15) is 11.1 Å². The van der Waals surface area contributed by atoms with Gasteiger partial charge in [0, 0.05) is 18.2 Å². The first-order valence-electron chi connectivity index (χ1n) is 6.96. The fourth-order valence-corrected chi connectivity index (χ4v) is 6.35. The summed E-state index contributed by atoms with van der Waals surface area (Å²) in [6.45, 7) is 7.56. The van der Waals surface area contributed by atoms with Gasteiger partial charge in [-0.25, -0.2) is 8.42 Å². The Balaban J connectivity index is 2.67. The van der Waals surface area contributed by atoms with Gasteiger partial charge in [-0.15, -0.1) is 0 Å². The summed E-state index contributed by atoms with van der Waals surface area (Å²) in [7, 11) is -2.31. The Kier molecular flexibility index (Phi) is 4.17. The van der Waals surface area contributed by atoms with Gasteiger partial charge in [0.25, 0.3) is 0 Å². The van der Waals surface area contributed by atoms with Crippen LogP contribution in [0, 0.1) is 5.41 Å². The first kappa shape index (κ1) is 17.4. The molecule has 124 valence electrons. The quantitative estimate of drug-likeness (QED) is 0.776. The van der Waals surface area contributed by atoms with Crippen LogP contribution in [0.2, 0.25) is 0 Å². The van der Waals surface area contributed by atoms with E-state index in [-0.39, 0.29) is 5.41 Å². The number of sulfone groups is 1. The van der Waals surface area contributed by atoms with Crippen molar-refractivity contribution in [2.75, 3.05) is 7.11 Å². The minimum absolute atomic E-state index is 0.349. The first-order chi connectivity index (χ1) is 9.94. The van der Waals surface area contributed by atoms with Crippen LogP contribution in [0.4, 0.5) is 0 Å². The summed E-state index contributed by atoms with van der Waals surface area (Å²) in [5, 5.41) is 7.13. The van der Waals surface area contributed by atoms with E-state index in [1.54, 1.807) is 11.8 Å². The molecular weight excluding hydrogens is 326 g/mol. The van der Waals surface area contributed by atoms with Gasteiger partial charge in [0.05, 0.1) is 11.7 Å². The van der Waals surface area contributed by atoms with E-state index in [4.69, 9.17) is 22.1 Å². The number of fused-ring (bicyclic) bond motifs is 1. The lowest BCUT2D eigenvalue weighted by Crippen LogP contribution is -2.71. The zero-order chi connectivity index (χ0) is 17.0. The van der Waals surface area contributed by atoms with Gasteiger partial charge in [0.15, 0.2) is 15.2 Å². The lowest BCUT2D eigenvalue weighted by atomic mass is 9.84. The van der Waals surface area contributed by atoms with E-state index in [2.05, 4.69) is 0 Å². The number of methoxy groups -OCH3 is 1. The highest BCUT2D eigenvalue weighted by molar-refractivity contribution is 7.93. The molecule has 0 aliphatic carbocycles. The van der Waals surface area contributed by atoms with Gasteiger partial charge in [-0.1, -0.05) is 33.0 Å². The molecule has 0 radical (unpaired) electrons. The third-order valence-corrected chi connectivity index (χ3v) is 7.02. The fourth-order valence-electron chi connectivity index (χ4n) is 3.35. The molecule has 8 heteroatoms. The molecule has 1 saturated heterocycles. The molecule has 6 nitrogen and oxygen atoms in total. The lowest BCUT2D eigenvalue weighted by molar-refractivity contribution is -0.136. The highest BCUT2D eigenvalue weighted by Crippen LogP contribution is 2.47. The molecule has 0 bridgehead atoms. The van der Waals surface area contributed by atoms with E-state index in [0.29, 0.717) is 10.6 Å². The molecule has 0 saturated carbocycles. The second kappa shape index (κ2) is 5.28. The molecule has 2 aliphatic rings. The smallest absolute Gasteiger partial charge is 0.305 e. The molecule has 0 spiro atoms. The normalized spacial score (nSPS) is 30.9. The van der Waals surface area contributed by atoms with Gasteiger partial charge in [-0.2, -0.15) is 0 Å². The Morgan fingerprint density at radius 3 is 2.36 bits per heavy atom. The summed E-state index contributed by atoms with van der Waals surface area (Å²) < 4.78 is 30.9. The largest absolute Gasteiger partial charge is 0.481 e. The number of allylic oxidation sites excluding steroid dienone is 1. The molecule has 0 aromatic carbocycles. The number of rotatable bonds is 3. The predicted molar refractivity (Wildman–Crippen MR) is 86.1 cm³/mol. The van der Waals surface area contributed by atoms with Gasteiger partial charge in [-0.05, 0) is 12.5 Å². The average molecular weight is 347 g/mol. The van der Waals surface area contributed by atoms with Gasteiger partial charge in [0.2, 0.25) is 0 Å². The SMILES string of the molecule is CO[C@H]1C(=S)N2C(C(C)(C)C)=C(C)C(CC(=O)O)S(=O)(=O)[C@H]12. The number of nitrogens with zero attached hydrogens (tertiary/aromatic N) is 1. The standard InChI is InChI=1S/C14H21NO5S2/c1-7-8(6-9(16)17)22(18,19)13-10(20-5)12(21)15(13)11(7)14(2,3)4/h8,10,13H,6H2,1-5H3,(H,16,17)/t8?,10-,13+/m0/s1. The number of hydrogen-bond donors (Lipinski definition) is 1. The summed E-state index contributed by atoms with van der Waals surface area (Å²) in [6.07, 6.45) is -1.14. The fraction of sp³-hybridized carbons (Fsp3) is 0.714. The van der Waals surface area contributed by atoms with E-state index < -0.39 is 39.0 Å². The number of hydrogen-bond acceptors (Lipinski definition) is 5. The number of carbonyl (C=O) groups is 1. The molecule has 2 heterocycles. The van der Waals surface area contributed by atoms with E-state index in [9.17, 15) is 13.2 Å². The molecule has 1 fully saturated rings. The number of aliphatic carboxylic acids is 1. The van der Waals surface area contributed by atoms with Crippen molar-refractivity contribution in [3.63, 3.8) is 0 Å². The van der Waals surface area contributed by atoms with Gasteiger partial charge < -0.3 is 14.7 Å². The van der Waals surface area contributed by atoms with Gasteiger partial charge in [-0.3, -0.25) is 4.79 Å². The topological polar surface area (TPSA) is 83.9 Å². The zero-order valence-corrected chi connectivity index (χ0v) is 14.9. The van der Waals surface area contributed by atoms with Crippen molar-refractivity contribution in [2.24, 2.45) is 5.41 Å². The Morgan fingerprint density at radius 1 is 1.41 bits per heavy atom. The molecule has 0 aromatic rings. The second-order valence-electron chi connectivity index (χ2n) is 6.71. The molecule has 0 aromatic heterocycles. The molecular formula is C14H21NO5S2. The molecule has 2 rings (SSSR count). The molecule has 22 heavy (non-hydrogen) atoms. The van der Waals surface area contributed by atoms with Crippen LogP contribution < -0.4 is 0 Å². The summed E-state index contributed by atoms with van der Waals surface area (Å²) in [6, 6.07) is 0. The van der Waals surface area contributed by atoms with Crippen molar-refractivity contribution < 1.29 is 23.1 Å². The second-order valence-corrected chi connectivity index (χ2v) is 9.36. The summed E-state index contributed by atoms with van der Waals surface area (Å²) in [4.78, 5) is 13.2. The number of carboxylic acid groups (broad SMARTS) is 1. The first-order valence-corrected chi connectivity index (χ1v) is 8.98. The third-order valence-electron chi connectivity index (χ3n) is 4.15. The minimum atomic E-state index is -3.72. The molecule has 0 amide bonds. The van der Waals surface area contributed by atoms with Gasteiger partial charge >= 0.3 is 5.97 Å². The maximum atomic E-state index is 12.8. The maximum Gasteiger partial charge on any atom is 0.305 e. The third kappa shape index (κ3) is 2.37. The van der Waals surface area contributed by atoms with Crippen LogP contribution in [0.5, 0.6) is 0 Å². The van der Waals surface area contributed by atoms with Crippen molar-refractivity contribution in [1.29, 1.82) is 0 Å². The monoisotopic (exact) mass is 347 g/mol. The summed E-state index contributed by atoms with van der Waals surface area (Å²) >= 11 is 5.32. The van der Waals surface area contributed by atoms with Crippen LogP contribution in [-0.4, -0.2) is 53.2 Å². The average Bonchev–Trinajstić information content (AvgIpc) is 2.34. The van der Waals surface area contributed by atoms with Crippen LogP contribution in [0.15, 0.2) is 11.3 Å². The molecule has 1 unspecified atom stereocenters. The van der Waals surface area contributed by atoms with E-state index in [1.165, 1.54) is 7.11 Å². The van der Waals surface area contributed by atoms with Crippen LogP contribution in [0.3, 0.4) is 0 Å². The summed E-state index contributed by atoms with van der Waals surface area (Å²) in [5.74, 6) is -1.13. The van der Waals surface area contributed by atoms with Crippen LogP contribution >= 0.6 is 12.2 Å². The molecule has 1 N–H and O–H groups in total. The van der Waals surface area contributed by atoms with Crippen LogP contribution in [0.1, 0.15) is 34.1 Å². The zero-order valence-electron chi connectivity index (χ0n) is 13.3. The molecule has 3 atom stereocenters. The number of ether oxygens (including phenoxy) is 1. The number of carboxylic acids is 1. The van der Waals surface area contributed by atoms with Crippen molar-refractivity contribution in [2.45, 2.75) is 50.8 Å². The lowest BCUT2D eigenvalue weighted by Gasteiger charge is -2.56. The highest BCUT2D eigenvalue weighted by Gasteiger charge is 2.60. The molecule has 2 aliphatic heterocycles. The van der Waals surface area contributed by atoms with Crippen molar-refractivity contribution in [3.8, 4) is 0 Å². The van der Waals surface area contributed by atoms with Crippen molar-refractivity contribution in [1.82, 2.24) is 4.90 Å². The maximum absolute atomic E-state index is 12.8. The Labute approximate surface area is 136 Å². The Morgan fingerprint density at radius 2 is 1.95 bits per heavy atom. The Hall–Kier alpha value is -0.990. The van der Waals surface area contributed by atoms with E-state index in [1.807, 2.05) is 20.8 Å². The van der Waals surface area contributed by atoms with Crippen molar-refractivity contribution in [3.05, 3.63) is 11.3 Å². The van der Waals surface area contributed by atoms with E-state index in [0.717, 1.165) is 5.70 Å².